The summed E-state index contributed by atoms with van der Waals surface area (Å²) in [5.74, 6) is -0.326. The van der Waals surface area contributed by atoms with Gasteiger partial charge in [0.1, 0.15) is 0 Å². The maximum Gasteiger partial charge on any atom is 0.272 e. The number of nitrogens with one attached hydrogen (secondary N) is 1. The highest BCUT2D eigenvalue weighted by Gasteiger charge is 2.30. The van der Waals surface area contributed by atoms with Gasteiger partial charge in [-0.1, -0.05) is 29.8 Å². The molecule has 2 aromatic rings. The van der Waals surface area contributed by atoms with Gasteiger partial charge >= 0.3 is 0 Å². The van der Waals surface area contributed by atoms with Gasteiger partial charge < -0.3 is 4.90 Å². The summed E-state index contributed by atoms with van der Waals surface area (Å²) >= 11 is 6.06. The fraction of sp³-hybridized carbons (Fsp3) is 0.304. The van der Waals surface area contributed by atoms with Gasteiger partial charge in [-0.25, -0.2) is 5.43 Å². The average Bonchev–Trinajstić information content (AvgIpc) is 2.62. The number of benzene rings is 2. The number of hydrogen-bond acceptors (Lipinski definition) is 3. The molecular formula is C23H26ClN3O. The highest BCUT2D eigenvalue weighted by Crippen LogP contribution is 2.39. The van der Waals surface area contributed by atoms with Crippen molar-refractivity contribution in [2.75, 3.05) is 11.4 Å². The smallest absolute Gasteiger partial charge is 0.272 e. The van der Waals surface area contributed by atoms with Gasteiger partial charge in [0.05, 0.1) is 22.3 Å². The SMILES string of the molecule is CCN1c2cc(C)c(/C=N/NC(=O)c3ccccc3Cl)cc2C(C)=CC1(C)C. The summed E-state index contributed by atoms with van der Waals surface area (Å²) in [6, 6.07) is 11.3. The van der Waals surface area contributed by atoms with E-state index in [-0.39, 0.29) is 11.4 Å². The van der Waals surface area contributed by atoms with Crippen LogP contribution in [0.5, 0.6) is 0 Å². The number of amides is 1. The molecule has 0 spiro atoms. The minimum Gasteiger partial charge on any atom is -0.363 e. The zero-order chi connectivity index (χ0) is 20.5. The Morgan fingerprint density at radius 2 is 1.96 bits per heavy atom. The highest BCUT2D eigenvalue weighted by atomic mass is 35.5. The fourth-order valence-electron chi connectivity index (χ4n) is 3.83. The molecule has 0 saturated carbocycles. The summed E-state index contributed by atoms with van der Waals surface area (Å²) < 4.78 is 0. The quantitative estimate of drug-likeness (QED) is 0.553. The van der Waals surface area contributed by atoms with E-state index in [1.54, 1.807) is 30.5 Å². The monoisotopic (exact) mass is 395 g/mol. The molecular weight excluding hydrogens is 370 g/mol. The summed E-state index contributed by atoms with van der Waals surface area (Å²) in [7, 11) is 0. The third kappa shape index (κ3) is 3.83. The van der Waals surface area contributed by atoms with Crippen LogP contribution in [0.15, 0.2) is 47.6 Å². The first-order valence-corrected chi connectivity index (χ1v) is 9.82. The van der Waals surface area contributed by atoms with Gasteiger partial charge in [0.2, 0.25) is 0 Å². The van der Waals surface area contributed by atoms with E-state index >= 15 is 0 Å². The largest absolute Gasteiger partial charge is 0.363 e. The normalized spacial score (nSPS) is 15.4. The molecule has 5 heteroatoms. The molecule has 0 fully saturated rings. The van der Waals surface area contributed by atoms with Gasteiger partial charge in [-0.05, 0) is 75.6 Å². The van der Waals surface area contributed by atoms with Crippen molar-refractivity contribution in [3.8, 4) is 0 Å². The van der Waals surface area contributed by atoms with Crippen molar-refractivity contribution in [1.82, 2.24) is 5.43 Å². The lowest BCUT2D eigenvalue weighted by Crippen LogP contribution is -2.45. The predicted octanol–water partition coefficient (Wildman–Crippen LogP) is 5.43. The first-order valence-electron chi connectivity index (χ1n) is 9.44. The van der Waals surface area contributed by atoms with Crippen LogP contribution in [0.25, 0.3) is 5.57 Å². The van der Waals surface area contributed by atoms with Gasteiger partial charge in [0.25, 0.3) is 5.91 Å². The van der Waals surface area contributed by atoms with Crippen LogP contribution in [0.3, 0.4) is 0 Å². The number of hydrazone groups is 1. The van der Waals surface area contributed by atoms with Gasteiger partial charge in [-0.15, -0.1) is 0 Å². The minimum absolute atomic E-state index is 0.0171. The number of halogens is 1. The van der Waals surface area contributed by atoms with E-state index in [4.69, 9.17) is 11.6 Å². The van der Waals surface area contributed by atoms with Crippen LogP contribution < -0.4 is 10.3 Å². The van der Waals surface area contributed by atoms with E-state index in [0.29, 0.717) is 10.6 Å². The number of rotatable bonds is 4. The standard InChI is InChI=1S/C23H26ClN3O/c1-6-27-21-11-15(2)17(12-19(21)16(3)13-23(27,4)5)14-25-26-22(28)18-9-7-8-10-20(18)24/h7-14H,6H2,1-5H3,(H,26,28)/b25-14+. The third-order valence-corrected chi connectivity index (χ3v) is 5.50. The molecule has 0 atom stereocenters. The second-order valence-electron chi connectivity index (χ2n) is 7.63. The maximum atomic E-state index is 12.3. The zero-order valence-electron chi connectivity index (χ0n) is 17.0. The Balaban J connectivity index is 1.87. The van der Waals surface area contributed by atoms with Gasteiger partial charge in [0, 0.05) is 17.8 Å². The Kier molecular flexibility index (Phi) is 5.61. The number of nitrogens with zero attached hydrogens (tertiary/aromatic N) is 2. The number of hydrogen-bond donors (Lipinski definition) is 1. The molecule has 146 valence electrons. The summed E-state index contributed by atoms with van der Waals surface area (Å²) in [4.78, 5) is 14.7. The summed E-state index contributed by atoms with van der Waals surface area (Å²) in [6.07, 6.45) is 3.99. The summed E-state index contributed by atoms with van der Waals surface area (Å²) in [6.45, 7) is 11.8. The van der Waals surface area contributed by atoms with Crippen LogP contribution in [0.4, 0.5) is 5.69 Å². The molecule has 0 saturated heterocycles. The molecule has 1 aliphatic rings. The highest BCUT2D eigenvalue weighted by molar-refractivity contribution is 6.33. The number of carbonyl (C=O) groups is 1. The number of likely N-dealkylation sites (N-methyl/N-ethyl adjacent to an activating group) is 1. The lowest BCUT2D eigenvalue weighted by Gasteiger charge is -2.43. The summed E-state index contributed by atoms with van der Waals surface area (Å²) in [5.41, 5.74) is 8.72. The fourth-order valence-corrected chi connectivity index (χ4v) is 4.05. The predicted molar refractivity (Wildman–Crippen MR) is 118 cm³/mol. The van der Waals surface area contributed by atoms with Crippen molar-refractivity contribution in [1.29, 1.82) is 0 Å². The van der Waals surface area contributed by atoms with Crippen molar-refractivity contribution < 1.29 is 4.79 Å². The van der Waals surface area contributed by atoms with Crippen LogP contribution in [0, 0.1) is 6.92 Å². The number of anilines is 1. The van der Waals surface area contributed by atoms with Gasteiger partial charge in [0.15, 0.2) is 0 Å². The average molecular weight is 396 g/mol. The second kappa shape index (κ2) is 7.80. The van der Waals surface area contributed by atoms with Crippen LogP contribution >= 0.6 is 11.6 Å². The molecule has 3 rings (SSSR count). The zero-order valence-corrected chi connectivity index (χ0v) is 17.8. The molecule has 2 aromatic carbocycles. The van der Waals surface area contributed by atoms with Crippen LogP contribution in [0.2, 0.25) is 5.02 Å². The molecule has 0 bridgehead atoms. The Morgan fingerprint density at radius 3 is 2.64 bits per heavy atom. The van der Waals surface area contributed by atoms with E-state index < -0.39 is 0 Å². The first kappa shape index (κ1) is 20.2. The lowest BCUT2D eigenvalue weighted by molar-refractivity contribution is 0.0955. The molecule has 1 aliphatic heterocycles. The molecule has 0 unspecified atom stereocenters. The van der Waals surface area contributed by atoms with Crippen LogP contribution in [-0.2, 0) is 0 Å². The van der Waals surface area contributed by atoms with Crippen molar-refractivity contribution in [3.63, 3.8) is 0 Å². The molecule has 4 nitrogen and oxygen atoms in total. The van der Waals surface area contributed by atoms with E-state index in [2.05, 4.69) is 68.3 Å². The second-order valence-corrected chi connectivity index (χ2v) is 8.04. The molecule has 28 heavy (non-hydrogen) atoms. The van der Waals surface area contributed by atoms with Gasteiger partial charge in [-0.3, -0.25) is 4.79 Å². The molecule has 1 amide bonds. The molecule has 1 N–H and O–H groups in total. The molecule has 0 aliphatic carbocycles. The van der Waals surface area contributed by atoms with Crippen LogP contribution in [-0.4, -0.2) is 24.2 Å². The molecule has 0 radical (unpaired) electrons. The lowest BCUT2D eigenvalue weighted by atomic mass is 9.87. The maximum absolute atomic E-state index is 12.3. The Labute approximate surface area is 171 Å². The summed E-state index contributed by atoms with van der Waals surface area (Å²) in [5, 5.41) is 4.55. The Hall–Kier alpha value is -2.59. The van der Waals surface area contributed by atoms with E-state index in [1.807, 2.05) is 0 Å². The Morgan fingerprint density at radius 1 is 1.25 bits per heavy atom. The topological polar surface area (TPSA) is 44.7 Å². The number of carbonyl (C=O) groups excluding carboxylic acids is 1. The Bertz CT molecular complexity index is 976. The van der Waals surface area contributed by atoms with Crippen molar-refractivity contribution in [2.24, 2.45) is 5.10 Å². The van der Waals surface area contributed by atoms with Crippen molar-refractivity contribution in [2.45, 2.75) is 40.2 Å². The third-order valence-electron chi connectivity index (χ3n) is 5.17. The molecule has 1 heterocycles. The first-order chi connectivity index (χ1) is 13.2. The molecule has 0 aromatic heterocycles. The van der Waals surface area contributed by atoms with E-state index in [9.17, 15) is 4.79 Å². The van der Waals surface area contributed by atoms with Crippen molar-refractivity contribution >= 4 is 35.0 Å². The van der Waals surface area contributed by atoms with Crippen molar-refractivity contribution in [3.05, 3.63) is 69.8 Å². The number of aryl methyl sites for hydroxylation is 1. The van der Waals surface area contributed by atoms with Gasteiger partial charge in [-0.2, -0.15) is 5.10 Å². The van der Waals surface area contributed by atoms with E-state index in [0.717, 1.165) is 17.7 Å². The van der Waals surface area contributed by atoms with E-state index in [1.165, 1.54) is 16.8 Å². The minimum atomic E-state index is -0.326. The number of fused-ring (bicyclic) bond motifs is 1. The van der Waals surface area contributed by atoms with Crippen LogP contribution in [0.1, 0.15) is 54.7 Å². The number of allylic oxidation sites excluding steroid dienone is 1.